The minimum Gasteiger partial charge on any atom is -0.400 e. The average Bonchev–Trinajstić information content (AvgIpc) is 2.32. The first-order valence-corrected chi connectivity index (χ1v) is 5.43. The molecule has 1 rings (SSSR count). The second-order valence-corrected chi connectivity index (χ2v) is 5.06. The molecule has 84 valence electrons. The lowest BCUT2D eigenvalue weighted by atomic mass is 9.79. The molecule has 0 aromatic heterocycles. The van der Waals surface area contributed by atoms with Crippen LogP contribution >= 0.6 is 0 Å². The van der Waals surface area contributed by atoms with Crippen molar-refractivity contribution in [3.63, 3.8) is 0 Å². The van der Waals surface area contributed by atoms with Crippen molar-refractivity contribution < 1.29 is 9.31 Å². The van der Waals surface area contributed by atoms with Crippen LogP contribution in [0.25, 0.3) is 0 Å². The molecule has 2 nitrogen and oxygen atoms in total. The molecular weight excluding hydrogens is 187 g/mol. The number of hydrogen-bond donors (Lipinski definition) is 0. The molecule has 3 heteroatoms. The van der Waals surface area contributed by atoms with Gasteiger partial charge in [-0.2, -0.15) is 0 Å². The fraction of sp³-hybridized carbons (Fsp3) is 0.667. The molecule has 0 bridgehead atoms. The van der Waals surface area contributed by atoms with E-state index >= 15 is 0 Å². The van der Waals surface area contributed by atoms with Crippen LogP contribution in [0.5, 0.6) is 0 Å². The zero-order valence-corrected chi connectivity index (χ0v) is 10.5. The summed E-state index contributed by atoms with van der Waals surface area (Å²) in [5.74, 6) is 0. The highest BCUT2D eigenvalue weighted by molar-refractivity contribution is 6.54. The summed E-state index contributed by atoms with van der Waals surface area (Å²) in [6, 6.07) is 0. The average molecular weight is 208 g/mol. The van der Waals surface area contributed by atoms with Crippen LogP contribution in [-0.4, -0.2) is 18.3 Å². The van der Waals surface area contributed by atoms with Crippen LogP contribution in [0.1, 0.15) is 41.0 Å². The third kappa shape index (κ3) is 2.53. The smallest absolute Gasteiger partial charge is 0.400 e. The Bertz CT molecular complexity index is 263. The highest BCUT2D eigenvalue weighted by Gasteiger charge is 2.51. The van der Waals surface area contributed by atoms with Crippen LogP contribution in [0.3, 0.4) is 0 Å². The van der Waals surface area contributed by atoms with Crippen molar-refractivity contribution >= 4 is 7.12 Å². The van der Waals surface area contributed by atoms with E-state index < -0.39 is 0 Å². The van der Waals surface area contributed by atoms with Gasteiger partial charge in [-0.1, -0.05) is 12.2 Å². The van der Waals surface area contributed by atoms with Gasteiger partial charge in [-0.05, 0) is 46.5 Å². The third-order valence-electron chi connectivity index (χ3n) is 3.23. The molecule has 0 unspecified atom stereocenters. The standard InChI is InChI=1S/C12H21BO2/c1-7-8-9-10(2)13-14-11(3,4)12(5,6)15-13/h7,9H,1,8H2,2-6H3/b10-9+. The molecule has 0 amide bonds. The van der Waals surface area contributed by atoms with Gasteiger partial charge in [0.15, 0.2) is 0 Å². The summed E-state index contributed by atoms with van der Waals surface area (Å²) in [6.07, 6.45) is 4.82. The zero-order chi connectivity index (χ0) is 11.7. The van der Waals surface area contributed by atoms with Gasteiger partial charge in [-0.25, -0.2) is 0 Å². The van der Waals surface area contributed by atoms with Gasteiger partial charge in [0.1, 0.15) is 0 Å². The van der Waals surface area contributed by atoms with Crippen molar-refractivity contribution in [2.24, 2.45) is 0 Å². The van der Waals surface area contributed by atoms with Gasteiger partial charge in [0.2, 0.25) is 0 Å². The molecule has 1 fully saturated rings. The van der Waals surface area contributed by atoms with Gasteiger partial charge in [-0.15, -0.1) is 6.58 Å². The van der Waals surface area contributed by atoms with Crippen molar-refractivity contribution in [3.05, 3.63) is 24.2 Å². The van der Waals surface area contributed by atoms with Crippen molar-refractivity contribution in [1.29, 1.82) is 0 Å². The Labute approximate surface area is 93.5 Å². The fourth-order valence-corrected chi connectivity index (χ4v) is 1.39. The summed E-state index contributed by atoms with van der Waals surface area (Å²) >= 11 is 0. The third-order valence-corrected chi connectivity index (χ3v) is 3.23. The van der Waals surface area contributed by atoms with Crippen LogP contribution in [0, 0.1) is 0 Å². The molecule has 1 aliphatic rings. The molecule has 15 heavy (non-hydrogen) atoms. The maximum Gasteiger partial charge on any atom is 0.489 e. The lowest BCUT2D eigenvalue weighted by Gasteiger charge is -2.32. The molecule has 0 atom stereocenters. The molecule has 0 radical (unpaired) electrons. The van der Waals surface area contributed by atoms with E-state index in [1.807, 2.05) is 13.0 Å². The maximum atomic E-state index is 5.90. The molecule has 1 aliphatic heterocycles. The first-order valence-electron chi connectivity index (χ1n) is 5.43. The highest BCUT2D eigenvalue weighted by Crippen LogP contribution is 2.38. The molecular formula is C12H21BO2. The summed E-state index contributed by atoms with van der Waals surface area (Å²) in [5.41, 5.74) is 0.621. The normalized spacial score (nSPS) is 24.3. The monoisotopic (exact) mass is 208 g/mol. The van der Waals surface area contributed by atoms with Gasteiger partial charge in [-0.3, -0.25) is 0 Å². The molecule has 0 saturated carbocycles. The summed E-state index contributed by atoms with van der Waals surface area (Å²) in [6.45, 7) is 14.0. The van der Waals surface area contributed by atoms with Gasteiger partial charge in [0.05, 0.1) is 11.2 Å². The minimum absolute atomic E-state index is 0.213. The van der Waals surface area contributed by atoms with E-state index in [1.54, 1.807) is 0 Å². The molecule has 0 spiro atoms. The Kier molecular flexibility index (Phi) is 3.46. The summed E-state index contributed by atoms with van der Waals surface area (Å²) in [5, 5.41) is 0. The Morgan fingerprint density at radius 1 is 1.20 bits per heavy atom. The van der Waals surface area contributed by atoms with E-state index in [2.05, 4.69) is 40.3 Å². The van der Waals surface area contributed by atoms with Crippen molar-refractivity contribution in [2.45, 2.75) is 52.2 Å². The quantitative estimate of drug-likeness (QED) is 0.524. The van der Waals surface area contributed by atoms with E-state index in [0.717, 1.165) is 11.9 Å². The van der Waals surface area contributed by atoms with Gasteiger partial charge in [0, 0.05) is 0 Å². The topological polar surface area (TPSA) is 18.5 Å². The predicted octanol–water partition coefficient (Wildman–Crippen LogP) is 3.14. The molecule has 0 aliphatic carbocycles. The van der Waals surface area contributed by atoms with E-state index in [-0.39, 0.29) is 18.3 Å². The van der Waals surface area contributed by atoms with Crippen LogP contribution in [-0.2, 0) is 9.31 Å². The second kappa shape index (κ2) is 4.15. The summed E-state index contributed by atoms with van der Waals surface area (Å²) < 4.78 is 11.8. The molecule has 0 aromatic carbocycles. The van der Waals surface area contributed by atoms with Crippen LogP contribution in [0.15, 0.2) is 24.2 Å². The summed E-state index contributed by atoms with van der Waals surface area (Å²) in [4.78, 5) is 0. The lowest BCUT2D eigenvalue weighted by molar-refractivity contribution is 0.00578. The molecule has 1 heterocycles. The molecule has 1 saturated heterocycles. The number of allylic oxidation sites excluding steroid dienone is 3. The van der Waals surface area contributed by atoms with Gasteiger partial charge >= 0.3 is 7.12 Å². The van der Waals surface area contributed by atoms with Crippen molar-refractivity contribution in [1.82, 2.24) is 0 Å². The van der Waals surface area contributed by atoms with Crippen molar-refractivity contribution in [3.8, 4) is 0 Å². The molecule has 0 N–H and O–H groups in total. The lowest BCUT2D eigenvalue weighted by Crippen LogP contribution is -2.41. The fourth-order valence-electron chi connectivity index (χ4n) is 1.39. The van der Waals surface area contributed by atoms with Gasteiger partial charge in [0.25, 0.3) is 0 Å². The zero-order valence-electron chi connectivity index (χ0n) is 10.5. The van der Waals surface area contributed by atoms with Crippen LogP contribution in [0.4, 0.5) is 0 Å². The van der Waals surface area contributed by atoms with E-state index in [9.17, 15) is 0 Å². The highest BCUT2D eigenvalue weighted by atomic mass is 16.7. The Morgan fingerprint density at radius 2 is 1.67 bits per heavy atom. The Balaban J connectivity index is 2.74. The van der Waals surface area contributed by atoms with Crippen LogP contribution in [0.2, 0.25) is 0 Å². The molecule has 0 aromatic rings. The maximum absolute atomic E-state index is 5.90. The van der Waals surface area contributed by atoms with Crippen LogP contribution < -0.4 is 0 Å². The first-order chi connectivity index (χ1) is 6.80. The van der Waals surface area contributed by atoms with E-state index in [0.29, 0.717) is 0 Å². The SMILES string of the molecule is C=CC/C=C(\C)B1OC(C)(C)C(C)(C)O1. The first kappa shape index (κ1) is 12.5. The largest absolute Gasteiger partial charge is 0.489 e. The minimum atomic E-state index is -0.249. The predicted molar refractivity (Wildman–Crippen MR) is 64.7 cm³/mol. The number of rotatable bonds is 3. The van der Waals surface area contributed by atoms with Crippen molar-refractivity contribution in [2.75, 3.05) is 0 Å². The summed E-state index contributed by atoms with van der Waals surface area (Å²) in [7, 11) is -0.213. The van der Waals surface area contributed by atoms with E-state index in [4.69, 9.17) is 9.31 Å². The Morgan fingerprint density at radius 3 is 2.07 bits per heavy atom. The second-order valence-electron chi connectivity index (χ2n) is 5.06. The number of hydrogen-bond acceptors (Lipinski definition) is 2. The Hall–Kier alpha value is -0.535. The van der Waals surface area contributed by atoms with E-state index in [1.165, 1.54) is 0 Å². The van der Waals surface area contributed by atoms with Gasteiger partial charge < -0.3 is 9.31 Å².